The van der Waals surface area contributed by atoms with Gasteiger partial charge in [-0.15, -0.1) is 0 Å². The fourth-order valence-corrected chi connectivity index (χ4v) is 5.73. The number of aromatic nitrogens is 1. The van der Waals surface area contributed by atoms with Crippen LogP contribution in [0.1, 0.15) is 104 Å². The number of carbonyl (C=O) groups excluding carboxylic acids is 3. The normalized spacial score (nSPS) is 14.9. The number of hydrogen-bond acceptors (Lipinski definition) is 5. The molecule has 0 bridgehead atoms. The number of rotatable bonds is 13. The largest absolute Gasteiger partial charge is 0.444 e. The van der Waals surface area contributed by atoms with E-state index in [1.807, 2.05) is 45.9 Å². The molecule has 3 N–H and O–H groups in total. The number of hydrogen-bond donors (Lipinski definition) is 3. The Morgan fingerprint density at radius 1 is 1.05 bits per heavy atom. The summed E-state index contributed by atoms with van der Waals surface area (Å²) in [5.74, 6) is 0.448. The zero-order chi connectivity index (χ0) is 31.6. The van der Waals surface area contributed by atoms with E-state index in [1.54, 1.807) is 10.6 Å². The van der Waals surface area contributed by atoms with Crippen molar-refractivity contribution in [2.45, 2.75) is 124 Å². The van der Waals surface area contributed by atoms with Gasteiger partial charge in [-0.2, -0.15) is 0 Å². The molecule has 1 aliphatic rings. The second-order valence-electron chi connectivity index (χ2n) is 13.5. The average molecular weight is 597 g/mol. The Kier molecular flexibility index (Phi) is 12.6. The number of amides is 3. The standard InChI is InChI=1S/C34H52N4O5/c1-23(2)22-38-29-21-26(16-17-27(29)24(3)20-31(38)40)36-32(41)28(14-10-11-19-35-33(42)43-34(4,5)6)37-30(39)18-15-25-12-8-7-9-13-25/h16-17,20-21,23,25,28H,7-15,18-19,22H2,1-6H3,(H,35,42)(H,36,41)(H,37,39). The number of alkyl carbamates (subject to hydrolysis) is 1. The first-order valence-corrected chi connectivity index (χ1v) is 16.0. The van der Waals surface area contributed by atoms with Crippen molar-refractivity contribution >= 4 is 34.5 Å². The minimum Gasteiger partial charge on any atom is -0.444 e. The molecule has 1 aromatic heterocycles. The van der Waals surface area contributed by atoms with Crippen molar-refractivity contribution in [2.75, 3.05) is 11.9 Å². The molecule has 238 valence electrons. The molecule has 43 heavy (non-hydrogen) atoms. The van der Waals surface area contributed by atoms with Gasteiger partial charge < -0.3 is 25.3 Å². The highest BCUT2D eigenvalue weighted by Crippen LogP contribution is 2.27. The number of benzene rings is 1. The zero-order valence-corrected chi connectivity index (χ0v) is 27.0. The van der Waals surface area contributed by atoms with Crippen molar-refractivity contribution in [3.05, 3.63) is 40.2 Å². The molecule has 1 aromatic carbocycles. The summed E-state index contributed by atoms with van der Waals surface area (Å²) in [7, 11) is 0. The van der Waals surface area contributed by atoms with Gasteiger partial charge in [0.2, 0.25) is 11.8 Å². The van der Waals surface area contributed by atoms with E-state index >= 15 is 0 Å². The fourth-order valence-electron chi connectivity index (χ4n) is 5.73. The van der Waals surface area contributed by atoms with E-state index in [0.717, 1.165) is 22.9 Å². The molecule has 1 unspecified atom stereocenters. The molecule has 1 atom stereocenters. The van der Waals surface area contributed by atoms with Crippen LogP contribution in [0.15, 0.2) is 29.1 Å². The number of nitrogens with one attached hydrogen (secondary N) is 3. The lowest BCUT2D eigenvalue weighted by Gasteiger charge is -2.23. The summed E-state index contributed by atoms with van der Waals surface area (Å²) >= 11 is 0. The molecule has 9 heteroatoms. The van der Waals surface area contributed by atoms with E-state index in [9.17, 15) is 19.2 Å². The van der Waals surface area contributed by atoms with Crippen molar-refractivity contribution in [2.24, 2.45) is 11.8 Å². The van der Waals surface area contributed by atoms with E-state index in [1.165, 1.54) is 32.1 Å². The summed E-state index contributed by atoms with van der Waals surface area (Å²) in [5.41, 5.74) is 1.61. The number of anilines is 1. The molecule has 2 aromatic rings. The highest BCUT2D eigenvalue weighted by atomic mass is 16.6. The molecule has 0 saturated heterocycles. The van der Waals surface area contributed by atoms with Crippen LogP contribution < -0.4 is 21.5 Å². The van der Waals surface area contributed by atoms with Crippen LogP contribution in [0.5, 0.6) is 0 Å². The second kappa shape index (κ2) is 15.9. The molecular formula is C34H52N4O5. The molecule has 1 heterocycles. The van der Waals surface area contributed by atoms with Crippen LogP contribution in [0.2, 0.25) is 0 Å². The Labute approximate surface area is 256 Å². The summed E-state index contributed by atoms with van der Waals surface area (Å²) in [6.07, 6.45) is 8.55. The summed E-state index contributed by atoms with van der Waals surface area (Å²) in [6, 6.07) is 6.54. The fraction of sp³-hybridized carbons (Fsp3) is 0.647. The topological polar surface area (TPSA) is 119 Å². The van der Waals surface area contributed by atoms with Gasteiger partial charge in [0.1, 0.15) is 11.6 Å². The quantitative estimate of drug-likeness (QED) is 0.230. The molecule has 0 aliphatic heterocycles. The van der Waals surface area contributed by atoms with Crippen molar-refractivity contribution in [3.63, 3.8) is 0 Å². The lowest BCUT2D eigenvalue weighted by Crippen LogP contribution is -2.44. The van der Waals surface area contributed by atoms with Crippen LogP contribution in [0.4, 0.5) is 10.5 Å². The number of aryl methyl sites for hydroxylation is 1. The van der Waals surface area contributed by atoms with Crippen molar-refractivity contribution in [3.8, 4) is 0 Å². The van der Waals surface area contributed by atoms with Gasteiger partial charge in [0, 0.05) is 36.7 Å². The average Bonchev–Trinajstić information content (AvgIpc) is 2.92. The number of pyridine rings is 1. The third-order valence-electron chi connectivity index (χ3n) is 7.88. The highest BCUT2D eigenvalue weighted by Gasteiger charge is 2.23. The van der Waals surface area contributed by atoms with Gasteiger partial charge in [-0.1, -0.05) is 52.0 Å². The summed E-state index contributed by atoms with van der Waals surface area (Å²) in [6.45, 7) is 12.5. The Balaban J connectivity index is 1.68. The van der Waals surface area contributed by atoms with Gasteiger partial charge in [-0.25, -0.2) is 4.79 Å². The molecule has 1 saturated carbocycles. The molecular weight excluding hydrogens is 544 g/mol. The molecule has 0 spiro atoms. The number of ether oxygens (including phenoxy) is 1. The minimum absolute atomic E-state index is 0.0646. The van der Waals surface area contributed by atoms with E-state index in [4.69, 9.17) is 4.74 Å². The van der Waals surface area contributed by atoms with Gasteiger partial charge in [0.05, 0.1) is 5.52 Å². The lowest BCUT2D eigenvalue weighted by molar-refractivity contribution is -0.126. The summed E-state index contributed by atoms with van der Waals surface area (Å²) < 4.78 is 7.04. The van der Waals surface area contributed by atoms with E-state index < -0.39 is 17.7 Å². The summed E-state index contributed by atoms with van der Waals surface area (Å²) in [5, 5.41) is 9.68. The van der Waals surface area contributed by atoms with Crippen LogP contribution >= 0.6 is 0 Å². The molecule has 3 amide bonds. The third-order valence-corrected chi connectivity index (χ3v) is 7.88. The van der Waals surface area contributed by atoms with E-state index in [2.05, 4.69) is 29.8 Å². The summed E-state index contributed by atoms with van der Waals surface area (Å²) in [4.78, 5) is 51.3. The molecule has 3 rings (SSSR count). The van der Waals surface area contributed by atoms with Gasteiger partial charge in [0.15, 0.2) is 0 Å². The highest BCUT2D eigenvalue weighted by molar-refractivity contribution is 5.99. The Morgan fingerprint density at radius 2 is 1.77 bits per heavy atom. The maximum Gasteiger partial charge on any atom is 0.407 e. The smallest absolute Gasteiger partial charge is 0.407 e. The maximum absolute atomic E-state index is 13.5. The SMILES string of the molecule is Cc1cc(=O)n(CC(C)C)c2cc(NC(=O)C(CCCCNC(=O)OC(C)(C)C)NC(=O)CCC3CCCCC3)ccc12. The Bertz CT molecular complexity index is 1300. The van der Waals surface area contributed by atoms with Crippen molar-refractivity contribution < 1.29 is 19.1 Å². The number of unbranched alkanes of at least 4 members (excludes halogenated alkanes) is 1. The Hall–Kier alpha value is -3.36. The van der Waals surface area contributed by atoms with Gasteiger partial charge in [-0.3, -0.25) is 14.4 Å². The molecule has 9 nitrogen and oxygen atoms in total. The first kappa shape index (κ1) is 34.1. The predicted molar refractivity (Wildman–Crippen MR) is 172 cm³/mol. The van der Waals surface area contributed by atoms with Crippen LogP contribution in [0.25, 0.3) is 10.9 Å². The first-order valence-electron chi connectivity index (χ1n) is 16.0. The molecule has 0 radical (unpaired) electrons. The predicted octanol–water partition coefficient (Wildman–Crippen LogP) is 6.44. The van der Waals surface area contributed by atoms with Gasteiger partial charge >= 0.3 is 6.09 Å². The van der Waals surface area contributed by atoms with E-state index in [0.29, 0.717) is 50.4 Å². The van der Waals surface area contributed by atoms with Crippen LogP contribution in [0.3, 0.4) is 0 Å². The number of nitrogens with zero attached hydrogens (tertiary/aromatic N) is 1. The van der Waals surface area contributed by atoms with E-state index in [-0.39, 0.29) is 23.3 Å². The van der Waals surface area contributed by atoms with Gasteiger partial charge in [0.25, 0.3) is 5.56 Å². The second-order valence-corrected chi connectivity index (χ2v) is 13.5. The van der Waals surface area contributed by atoms with Gasteiger partial charge in [-0.05, 0) is 82.9 Å². The van der Waals surface area contributed by atoms with Crippen LogP contribution in [-0.2, 0) is 20.9 Å². The zero-order valence-electron chi connectivity index (χ0n) is 27.0. The monoisotopic (exact) mass is 596 g/mol. The third kappa shape index (κ3) is 11.3. The van der Waals surface area contributed by atoms with Crippen molar-refractivity contribution in [1.29, 1.82) is 0 Å². The lowest BCUT2D eigenvalue weighted by atomic mass is 9.86. The van der Waals surface area contributed by atoms with Crippen molar-refractivity contribution in [1.82, 2.24) is 15.2 Å². The number of fused-ring (bicyclic) bond motifs is 1. The number of carbonyl (C=O) groups is 3. The first-order chi connectivity index (χ1) is 20.3. The minimum atomic E-state index is -0.716. The molecule has 1 aliphatic carbocycles. The van der Waals surface area contributed by atoms with Crippen LogP contribution in [-0.4, -0.2) is 40.7 Å². The maximum atomic E-state index is 13.5. The molecule has 1 fully saturated rings. The van der Waals surface area contributed by atoms with Crippen LogP contribution in [0, 0.1) is 18.8 Å². The Morgan fingerprint density at radius 3 is 2.44 bits per heavy atom.